The van der Waals surface area contributed by atoms with Crippen LogP contribution in [-0.2, 0) is 24.7 Å². The second kappa shape index (κ2) is 7.41. The molecule has 1 aliphatic carbocycles. The molecule has 3 N–H and O–H groups in total. The topological polar surface area (TPSA) is 113 Å². The highest BCUT2D eigenvalue weighted by molar-refractivity contribution is 7.19. The van der Waals surface area contributed by atoms with Crippen molar-refractivity contribution in [3.8, 4) is 0 Å². The van der Waals surface area contributed by atoms with Crippen molar-refractivity contribution in [1.82, 2.24) is 29.9 Å². The lowest BCUT2D eigenvalue weighted by molar-refractivity contribution is -0.120. The van der Waals surface area contributed by atoms with Gasteiger partial charge in [0.1, 0.15) is 22.8 Å². The Morgan fingerprint density at radius 2 is 2.22 bits per heavy atom. The fourth-order valence-electron chi connectivity index (χ4n) is 4.31. The van der Waals surface area contributed by atoms with Crippen molar-refractivity contribution in [2.24, 2.45) is 13.0 Å². The number of carbonyl (C=O) groups excluding carboxylic acids is 1. The number of thiophene rings is 1. The lowest BCUT2D eigenvalue weighted by Crippen LogP contribution is -2.28. The van der Waals surface area contributed by atoms with Crippen molar-refractivity contribution in [2.45, 2.75) is 19.3 Å². The predicted molar refractivity (Wildman–Crippen MR) is 124 cm³/mol. The Kier molecular flexibility index (Phi) is 4.39. The number of benzene rings is 1. The number of nitrogens with one attached hydrogen (secondary N) is 3. The third-order valence-electron chi connectivity index (χ3n) is 5.99. The number of aromatic nitrogens is 6. The van der Waals surface area contributed by atoms with E-state index in [0.29, 0.717) is 12.2 Å². The first kappa shape index (κ1) is 18.9. The Bertz CT molecular complexity index is 1470. The molecule has 32 heavy (non-hydrogen) atoms. The lowest BCUT2D eigenvalue weighted by Gasteiger charge is -2.21. The smallest absolute Gasteiger partial charge is 0.229 e. The summed E-state index contributed by atoms with van der Waals surface area (Å²) in [6, 6.07) is 7.86. The average Bonchev–Trinajstić information content (AvgIpc) is 3.51. The van der Waals surface area contributed by atoms with Crippen LogP contribution in [-0.4, -0.2) is 35.9 Å². The highest BCUT2D eigenvalue weighted by Crippen LogP contribution is 2.40. The number of hydrogen-bond donors (Lipinski definition) is 3. The van der Waals surface area contributed by atoms with Gasteiger partial charge in [-0.15, -0.1) is 11.3 Å². The fraction of sp³-hybridized carbons (Fsp3) is 0.227. The third-order valence-corrected chi connectivity index (χ3v) is 7.15. The summed E-state index contributed by atoms with van der Waals surface area (Å²) in [5, 5.41) is 19.7. The molecule has 4 aromatic heterocycles. The molecule has 0 saturated carbocycles. The Hall–Kier alpha value is -3.79. The van der Waals surface area contributed by atoms with Gasteiger partial charge >= 0.3 is 0 Å². The normalized spacial score (nSPS) is 15.7. The quantitative estimate of drug-likeness (QED) is 0.389. The number of H-pyrrole nitrogens is 1. The van der Waals surface area contributed by atoms with E-state index in [-0.39, 0.29) is 11.8 Å². The van der Waals surface area contributed by atoms with E-state index >= 15 is 0 Å². The number of anilines is 3. The summed E-state index contributed by atoms with van der Waals surface area (Å²) in [6.45, 7) is 0. The Balaban J connectivity index is 1.29. The van der Waals surface area contributed by atoms with Crippen molar-refractivity contribution < 1.29 is 4.79 Å². The Labute approximate surface area is 186 Å². The monoisotopic (exact) mass is 444 g/mol. The molecule has 10 heteroatoms. The van der Waals surface area contributed by atoms with Crippen molar-refractivity contribution in [3.05, 3.63) is 53.4 Å². The molecule has 4 heterocycles. The maximum atomic E-state index is 12.8. The number of rotatable bonds is 4. The Morgan fingerprint density at radius 1 is 1.28 bits per heavy atom. The highest BCUT2D eigenvalue weighted by atomic mass is 32.1. The van der Waals surface area contributed by atoms with Crippen molar-refractivity contribution in [3.63, 3.8) is 0 Å². The number of fused-ring (bicyclic) bond motifs is 4. The van der Waals surface area contributed by atoms with Crippen LogP contribution in [0.4, 0.5) is 17.3 Å². The van der Waals surface area contributed by atoms with Crippen molar-refractivity contribution in [2.75, 3.05) is 10.6 Å². The summed E-state index contributed by atoms with van der Waals surface area (Å²) >= 11 is 1.66. The van der Waals surface area contributed by atoms with Crippen LogP contribution in [0.2, 0.25) is 0 Å². The summed E-state index contributed by atoms with van der Waals surface area (Å²) in [7, 11) is 1.82. The van der Waals surface area contributed by atoms with E-state index in [9.17, 15) is 4.79 Å². The molecule has 1 atom stereocenters. The van der Waals surface area contributed by atoms with E-state index in [0.717, 1.165) is 45.5 Å². The number of carbonyl (C=O) groups is 1. The molecule has 0 fully saturated rings. The molecular weight excluding hydrogens is 424 g/mol. The molecular formula is C22H20N8OS. The molecule has 0 saturated heterocycles. The van der Waals surface area contributed by atoms with E-state index in [1.807, 2.05) is 25.2 Å². The van der Waals surface area contributed by atoms with Gasteiger partial charge in [0, 0.05) is 35.0 Å². The summed E-state index contributed by atoms with van der Waals surface area (Å²) in [5.41, 5.74) is 3.19. The number of hydrogen-bond acceptors (Lipinski definition) is 7. The second-order valence-corrected chi connectivity index (χ2v) is 9.06. The molecule has 6 rings (SSSR count). The summed E-state index contributed by atoms with van der Waals surface area (Å²) < 4.78 is 1.67. The molecule has 1 amide bonds. The van der Waals surface area contributed by atoms with Crippen LogP contribution in [0.3, 0.4) is 0 Å². The molecule has 9 nitrogen and oxygen atoms in total. The minimum absolute atomic E-state index is 0.0366. The van der Waals surface area contributed by atoms with Crippen LogP contribution in [0.15, 0.2) is 43.0 Å². The largest absolute Gasteiger partial charge is 0.340 e. The first-order chi connectivity index (χ1) is 15.7. The molecule has 1 aliphatic rings. The van der Waals surface area contributed by atoms with Gasteiger partial charge in [-0.3, -0.25) is 14.6 Å². The Morgan fingerprint density at radius 3 is 3.09 bits per heavy atom. The van der Waals surface area contributed by atoms with E-state index in [1.54, 1.807) is 40.8 Å². The van der Waals surface area contributed by atoms with Gasteiger partial charge in [-0.1, -0.05) is 0 Å². The molecule has 0 bridgehead atoms. The zero-order valence-electron chi connectivity index (χ0n) is 17.3. The van der Waals surface area contributed by atoms with Crippen LogP contribution in [0.25, 0.3) is 21.1 Å². The van der Waals surface area contributed by atoms with Gasteiger partial charge in [-0.2, -0.15) is 10.2 Å². The zero-order chi connectivity index (χ0) is 21.7. The van der Waals surface area contributed by atoms with Crippen LogP contribution in [0, 0.1) is 5.92 Å². The molecule has 0 radical (unpaired) electrons. The van der Waals surface area contributed by atoms with E-state index in [1.165, 1.54) is 10.4 Å². The predicted octanol–water partition coefficient (Wildman–Crippen LogP) is 3.79. The number of amides is 1. The zero-order valence-corrected chi connectivity index (χ0v) is 18.1. The SMILES string of the molecule is Cn1nccc1NC(=O)C1CCc2c(sc3ncnc(Nc4ccc5[nH]ncc5c4)c23)C1. The van der Waals surface area contributed by atoms with Gasteiger partial charge in [0.05, 0.1) is 23.3 Å². The van der Waals surface area contributed by atoms with E-state index in [2.05, 4.69) is 35.9 Å². The van der Waals surface area contributed by atoms with Gasteiger partial charge < -0.3 is 10.6 Å². The van der Waals surface area contributed by atoms with Gasteiger partial charge in [0.25, 0.3) is 0 Å². The maximum absolute atomic E-state index is 12.8. The average molecular weight is 445 g/mol. The minimum Gasteiger partial charge on any atom is -0.340 e. The van der Waals surface area contributed by atoms with Crippen molar-refractivity contribution in [1.29, 1.82) is 0 Å². The van der Waals surface area contributed by atoms with Gasteiger partial charge in [0.2, 0.25) is 5.91 Å². The van der Waals surface area contributed by atoms with Crippen LogP contribution in [0.5, 0.6) is 0 Å². The molecule has 5 aromatic rings. The molecule has 160 valence electrons. The van der Waals surface area contributed by atoms with Gasteiger partial charge in [-0.25, -0.2) is 9.97 Å². The van der Waals surface area contributed by atoms with E-state index in [4.69, 9.17) is 0 Å². The summed E-state index contributed by atoms with van der Waals surface area (Å²) in [4.78, 5) is 24.1. The first-order valence-corrected chi connectivity index (χ1v) is 11.2. The van der Waals surface area contributed by atoms with E-state index < -0.39 is 0 Å². The highest BCUT2D eigenvalue weighted by Gasteiger charge is 2.29. The molecule has 0 aliphatic heterocycles. The fourth-order valence-corrected chi connectivity index (χ4v) is 5.58. The number of nitrogens with zero attached hydrogens (tertiary/aromatic N) is 5. The molecule has 0 spiro atoms. The maximum Gasteiger partial charge on any atom is 0.229 e. The van der Waals surface area contributed by atoms with Crippen LogP contribution in [0.1, 0.15) is 16.9 Å². The minimum atomic E-state index is -0.0710. The van der Waals surface area contributed by atoms with Crippen molar-refractivity contribution >= 4 is 55.7 Å². The van der Waals surface area contributed by atoms with Gasteiger partial charge in [0.15, 0.2) is 0 Å². The summed E-state index contributed by atoms with van der Waals surface area (Å²) in [6.07, 6.45) is 7.40. The second-order valence-electron chi connectivity index (χ2n) is 7.97. The lowest BCUT2D eigenvalue weighted by atomic mass is 9.87. The molecule has 1 aromatic carbocycles. The van der Waals surface area contributed by atoms with Crippen LogP contribution >= 0.6 is 11.3 Å². The molecule has 1 unspecified atom stereocenters. The van der Waals surface area contributed by atoms with Crippen LogP contribution < -0.4 is 10.6 Å². The third kappa shape index (κ3) is 3.19. The first-order valence-electron chi connectivity index (χ1n) is 10.4. The summed E-state index contributed by atoms with van der Waals surface area (Å²) in [5.74, 6) is 1.48. The van der Waals surface area contributed by atoms with Gasteiger partial charge in [-0.05, 0) is 43.0 Å². The number of aryl methyl sites for hydroxylation is 2. The number of aromatic amines is 1. The standard InChI is InChI=1S/C22H20N8OS/c1-30-18(6-7-26-30)28-21(31)12-2-4-15-17(9-12)32-22-19(15)20(23-11-24-22)27-14-3-5-16-13(8-14)10-25-29-16/h3,5-8,10-12H,2,4,9H2,1H3,(H,25,29)(H,28,31)(H,23,24,27).